The number of rotatable bonds is 7. The molecule has 1 aliphatic heterocycles. The maximum atomic E-state index is 12.1. The summed E-state index contributed by atoms with van der Waals surface area (Å²) in [5.41, 5.74) is 2.02. The van der Waals surface area contributed by atoms with Crippen LogP contribution in [0.1, 0.15) is 36.0 Å². The Morgan fingerprint density at radius 1 is 1.10 bits per heavy atom. The summed E-state index contributed by atoms with van der Waals surface area (Å²) >= 11 is 3.41. The van der Waals surface area contributed by atoms with Gasteiger partial charge in [-0.25, -0.2) is 0 Å². The van der Waals surface area contributed by atoms with Crippen molar-refractivity contribution in [2.24, 2.45) is 0 Å². The van der Waals surface area contributed by atoms with Gasteiger partial charge in [0.1, 0.15) is 0 Å². The zero-order chi connectivity index (χ0) is 14.2. The number of morpholine rings is 1. The van der Waals surface area contributed by atoms with Gasteiger partial charge in [-0.3, -0.25) is 4.79 Å². The summed E-state index contributed by atoms with van der Waals surface area (Å²) in [7, 11) is 0. The predicted octanol–water partition coefficient (Wildman–Crippen LogP) is 3.66. The monoisotopic (exact) mass is 339 g/mol. The summed E-state index contributed by atoms with van der Waals surface area (Å²) in [6, 6.07) is 8.02. The molecule has 0 amide bonds. The molecular weight excluding hydrogens is 318 g/mol. The van der Waals surface area contributed by atoms with Crippen molar-refractivity contribution in [1.29, 1.82) is 0 Å². The number of alkyl halides is 1. The zero-order valence-corrected chi connectivity index (χ0v) is 13.4. The van der Waals surface area contributed by atoms with Crippen LogP contribution in [0.2, 0.25) is 0 Å². The van der Waals surface area contributed by atoms with Gasteiger partial charge in [0.25, 0.3) is 0 Å². The Hall–Kier alpha value is -0.870. The topological polar surface area (TPSA) is 29.5 Å². The summed E-state index contributed by atoms with van der Waals surface area (Å²) in [6.07, 6.45) is 3.89. The summed E-state index contributed by atoms with van der Waals surface area (Å²) < 4.78 is 5.35. The Bertz CT molecular complexity index is 413. The quantitative estimate of drug-likeness (QED) is 0.431. The molecule has 1 saturated heterocycles. The normalized spacial score (nSPS) is 15.3. The number of halogens is 1. The molecule has 20 heavy (non-hydrogen) atoms. The number of nitrogens with zero attached hydrogens (tertiary/aromatic N) is 1. The molecule has 1 aliphatic rings. The van der Waals surface area contributed by atoms with Crippen molar-refractivity contribution in [1.82, 2.24) is 0 Å². The maximum absolute atomic E-state index is 12.1. The third-order valence-electron chi connectivity index (χ3n) is 3.60. The van der Waals surface area contributed by atoms with E-state index in [1.165, 1.54) is 5.69 Å². The first-order valence-corrected chi connectivity index (χ1v) is 8.45. The summed E-state index contributed by atoms with van der Waals surface area (Å²) in [5.74, 6) is 0.257. The average molecular weight is 340 g/mol. The highest BCUT2D eigenvalue weighted by atomic mass is 79.9. The van der Waals surface area contributed by atoms with Crippen molar-refractivity contribution in [3.63, 3.8) is 0 Å². The van der Waals surface area contributed by atoms with Crippen LogP contribution in [0.25, 0.3) is 0 Å². The van der Waals surface area contributed by atoms with Crippen LogP contribution in [-0.4, -0.2) is 37.4 Å². The van der Waals surface area contributed by atoms with Crippen molar-refractivity contribution < 1.29 is 9.53 Å². The van der Waals surface area contributed by atoms with Crippen LogP contribution in [-0.2, 0) is 4.74 Å². The molecular formula is C16H22BrNO2. The number of benzene rings is 1. The van der Waals surface area contributed by atoms with Gasteiger partial charge in [-0.15, -0.1) is 0 Å². The Labute approximate surface area is 129 Å². The molecule has 0 aliphatic carbocycles. The first-order valence-electron chi connectivity index (χ1n) is 7.33. The fourth-order valence-electron chi connectivity index (χ4n) is 2.38. The van der Waals surface area contributed by atoms with E-state index in [0.29, 0.717) is 6.42 Å². The van der Waals surface area contributed by atoms with Crippen molar-refractivity contribution >= 4 is 27.4 Å². The number of carbonyl (C=O) groups is 1. The number of carbonyl (C=O) groups excluding carboxylic acids is 1. The van der Waals surface area contributed by atoms with Crippen LogP contribution < -0.4 is 4.90 Å². The zero-order valence-electron chi connectivity index (χ0n) is 11.8. The van der Waals surface area contributed by atoms with Gasteiger partial charge in [0, 0.05) is 36.1 Å². The van der Waals surface area contributed by atoms with Gasteiger partial charge in [-0.2, -0.15) is 0 Å². The maximum Gasteiger partial charge on any atom is 0.162 e. The third kappa shape index (κ3) is 4.60. The van der Waals surface area contributed by atoms with Gasteiger partial charge >= 0.3 is 0 Å². The first kappa shape index (κ1) is 15.5. The number of hydrogen-bond donors (Lipinski definition) is 0. The second kappa shape index (κ2) is 8.42. The van der Waals surface area contributed by atoms with Crippen LogP contribution in [0.3, 0.4) is 0 Å². The lowest BCUT2D eigenvalue weighted by molar-refractivity contribution is 0.0979. The van der Waals surface area contributed by atoms with E-state index in [2.05, 4.69) is 33.0 Å². The minimum Gasteiger partial charge on any atom is -0.378 e. The van der Waals surface area contributed by atoms with Gasteiger partial charge in [0.2, 0.25) is 0 Å². The second-order valence-corrected chi connectivity index (χ2v) is 5.86. The Morgan fingerprint density at radius 3 is 2.45 bits per heavy atom. The molecule has 0 N–H and O–H groups in total. The van der Waals surface area contributed by atoms with Crippen LogP contribution in [0, 0.1) is 0 Å². The summed E-state index contributed by atoms with van der Waals surface area (Å²) in [6.45, 7) is 3.43. The first-order chi connectivity index (χ1) is 9.81. The van der Waals surface area contributed by atoms with Crippen LogP contribution in [0.4, 0.5) is 5.69 Å². The molecule has 110 valence electrons. The largest absolute Gasteiger partial charge is 0.378 e. The number of unbranched alkanes of at least 4 members (excludes halogenated alkanes) is 2. The second-order valence-electron chi connectivity index (χ2n) is 5.07. The van der Waals surface area contributed by atoms with E-state index >= 15 is 0 Å². The molecule has 0 spiro atoms. The predicted molar refractivity (Wildman–Crippen MR) is 86.1 cm³/mol. The molecule has 0 atom stereocenters. The van der Waals surface area contributed by atoms with E-state index in [-0.39, 0.29) is 5.78 Å². The van der Waals surface area contributed by atoms with Gasteiger partial charge < -0.3 is 9.64 Å². The number of anilines is 1. The fourth-order valence-corrected chi connectivity index (χ4v) is 2.78. The SMILES string of the molecule is O=C(CCCCCBr)c1ccc(N2CCOCC2)cc1. The smallest absolute Gasteiger partial charge is 0.162 e. The van der Waals surface area contributed by atoms with Crippen LogP contribution in [0.15, 0.2) is 24.3 Å². The molecule has 0 unspecified atom stereocenters. The summed E-state index contributed by atoms with van der Waals surface area (Å²) in [5, 5.41) is 1.02. The third-order valence-corrected chi connectivity index (χ3v) is 4.16. The lowest BCUT2D eigenvalue weighted by atomic mass is 10.0. The molecule has 4 heteroatoms. The van der Waals surface area contributed by atoms with Crippen molar-refractivity contribution in [3.8, 4) is 0 Å². The molecule has 2 rings (SSSR count). The molecule has 0 radical (unpaired) electrons. The highest BCUT2D eigenvalue weighted by molar-refractivity contribution is 9.09. The van der Waals surface area contributed by atoms with E-state index in [9.17, 15) is 4.79 Å². The molecule has 1 aromatic rings. The van der Waals surface area contributed by atoms with Crippen LogP contribution >= 0.6 is 15.9 Å². The Balaban J connectivity index is 1.85. The van der Waals surface area contributed by atoms with E-state index in [0.717, 1.165) is 56.5 Å². The minimum atomic E-state index is 0.257. The lowest BCUT2D eigenvalue weighted by Crippen LogP contribution is -2.36. The molecule has 0 aromatic heterocycles. The molecule has 1 heterocycles. The van der Waals surface area contributed by atoms with E-state index in [1.807, 2.05) is 12.1 Å². The standard InChI is InChI=1S/C16H22BrNO2/c17-9-3-1-2-4-16(19)14-5-7-15(8-6-14)18-10-12-20-13-11-18/h5-8H,1-4,9-13H2. The van der Waals surface area contributed by atoms with Gasteiger partial charge in [0.05, 0.1) is 13.2 Å². The highest BCUT2D eigenvalue weighted by Gasteiger charge is 2.12. The number of Topliss-reactive ketones (excluding diaryl/α,β-unsaturated/α-hetero) is 1. The Morgan fingerprint density at radius 2 is 1.80 bits per heavy atom. The van der Waals surface area contributed by atoms with Crippen molar-refractivity contribution in [2.75, 3.05) is 36.5 Å². The molecule has 0 saturated carbocycles. The molecule has 1 fully saturated rings. The number of ether oxygens (including phenoxy) is 1. The average Bonchev–Trinajstić information content (AvgIpc) is 2.52. The number of ketones is 1. The van der Waals surface area contributed by atoms with E-state index < -0.39 is 0 Å². The van der Waals surface area contributed by atoms with E-state index in [1.54, 1.807) is 0 Å². The fraction of sp³-hybridized carbons (Fsp3) is 0.562. The number of hydrogen-bond acceptors (Lipinski definition) is 3. The van der Waals surface area contributed by atoms with Crippen LogP contribution in [0.5, 0.6) is 0 Å². The lowest BCUT2D eigenvalue weighted by Gasteiger charge is -2.28. The van der Waals surface area contributed by atoms with E-state index in [4.69, 9.17) is 4.74 Å². The Kier molecular flexibility index (Phi) is 6.54. The molecule has 0 bridgehead atoms. The molecule has 1 aromatic carbocycles. The molecule has 3 nitrogen and oxygen atoms in total. The summed E-state index contributed by atoms with van der Waals surface area (Å²) in [4.78, 5) is 14.3. The van der Waals surface area contributed by atoms with Gasteiger partial charge in [-0.05, 0) is 37.1 Å². The highest BCUT2D eigenvalue weighted by Crippen LogP contribution is 2.18. The van der Waals surface area contributed by atoms with Crippen molar-refractivity contribution in [3.05, 3.63) is 29.8 Å². The van der Waals surface area contributed by atoms with Crippen molar-refractivity contribution in [2.45, 2.75) is 25.7 Å². The van der Waals surface area contributed by atoms with Gasteiger partial charge in [0.15, 0.2) is 5.78 Å². The minimum absolute atomic E-state index is 0.257. The van der Waals surface area contributed by atoms with Gasteiger partial charge in [-0.1, -0.05) is 22.4 Å².